The maximum atomic E-state index is 13.5. The van der Waals surface area contributed by atoms with Gasteiger partial charge in [0.15, 0.2) is 0 Å². The Balaban J connectivity index is 1.42. The zero-order chi connectivity index (χ0) is 23.2. The number of nitrogens with zero attached hydrogens (tertiary/aromatic N) is 2. The number of amides is 3. The van der Waals surface area contributed by atoms with E-state index in [0.717, 1.165) is 22.2 Å². The summed E-state index contributed by atoms with van der Waals surface area (Å²) in [6, 6.07) is 12.9. The number of rotatable bonds is 3. The lowest BCUT2D eigenvalue weighted by molar-refractivity contribution is -0.121. The number of hydrogen-bond donors (Lipinski definition) is 2. The Morgan fingerprint density at radius 1 is 1.18 bits per heavy atom. The normalized spacial score (nSPS) is 16.8. The summed E-state index contributed by atoms with van der Waals surface area (Å²) in [5.41, 5.74) is 2.20. The van der Waals surface area contributed by atoms with Crippen LogP contribution in [0.15, 0.2) is 48.7 Å². The van der Waals surface area contributed by atoms with Crippen LogP contribution in [-0.4, -0.2) is 47.5 Å². The van der Waals surface area contributed by atoms with E-state index in [1.54, 1.807) is 34.8 Å². The molecule has 8 nitrogen and oxygen atoms in total. The number of piperidine rings is 1. The first-order valence-electron chi connectivity index (χ1n) is 10.8. The van der Waals surface area contributed by atoms with Gasteiger partial charge in [-0.15, -0.1) is 0 Å². The van der Waals surface area contributed by atoms with Gasteiger partial charge < -0.3 is 19.5 Å². The zero-order valence-electron chi connectivity index (χ0n) is 18.1. The van der Waals surface area contributed by atoms with E-state index in [4.69, 9.17) is 16.3 Å². The van der Waals surface area contributed by atoms with Gasteiger partial charge in [0.1, 0.15) is 12.1 Å². The Hall–Kier alpha value is -3.52. The molecule has 9 heteroatoms. The molecular weight excluding hydrogens is 444 g/mol. The number of likely N-dealkylation sites (tertiary alicyclic amines) is 1. The van der Waals surface area contributed by atoms with Crippen LogP contribution in [0.5, 0.6) is 0 Å². The second-order valence-electron chi connectivity index (χ2n) is 8.35. The predicted octanol–water partition coefficient (Wildman–Crippen LogP) is 3.73. The van der Waals surface area contributed by atoms with Crippen LogP contribution in [0, 0.1) is 0 Å². The Morgan fingerprint density at radius 2 is 1.94 bits per heavy atom. The highest BCUT2D eigenvalue weighted by Gasteiger charge is 2.45. The van der Waals surface area contributed by atoms with Gasteiger partial charge in [0.05, 0.1) is 16.8 Å². The standard InChI is InChI=1S/C24H23ClN4O4/c1-26-21(30)14-29-13-17(16-7-6-15(25)12-20(16)29)22(31)28-10-8-24(9-11-28)18-4-2-3-5-19(18)27-23(32)33-24/h2-7,12-13H,8-11,14H2,1H3,(H,26,30)(H,27,32). The number of benzene rings is 2. The predicted molar refractivity (Wildman–Crippen MR) is 124 cm³/mol. The Morgan fingerprint density at radius 3 is 2.70 bits per heavy atom. The fourth-order valence-electron chi connectivity index (χ4n) is 4.77. The molecule has 1 fully saturated rings. The van der Waals surface area contributed by atoms with Gasteiger partial charge in [-0.25, -0.2) is 4.79 Å². The first kappa shape index (κ1) is 21.3. The molecule has 0 radical (unpaired) electrons. The highest BCUT2D eigenvalue weighted by molar-refractivity contribution is 6.31. The fraction of sp³-hybridized carbons (Fsp3) is 0.292. The monoisotopic (exact) mass is 466 g/mol. The summed E-state index contributed by atoms with van der Waals surface area (Å²) in [6.45, 7) is 0.968. The van der Waals surface area contributed by atoms with Gasteiger partial charge in [0, 0.05) is 55.1 Å². The van der Waals surface area contributed by atoms with Crippen molar-refractivity contribution in [1.29, 1.82) is 0 Å². The molecule has 0 saturated carbocycles. The number of carbonyl (C=O) groups is 3. The second-order valence-corrected chi connectivity index (χ2v) is 8.79. The van der Waals surface area contributed by atoms with Gasteiger partial charge in [-0.1, -0.05) is 35.9 Å². The average Bonchev–Trinajstić information content (AvgIpc) is 3.16. The van der Waals surface area contributed by atoms with Crippen LogP contribution in [0.25, 0.3) is 10.9 Å². The molecule has 33 heavy (non-hydrogen) atoms. The van der Waals surface area contributed by atoms with E-state index in [1.165, 1.54) is 0 Å². The van der Waals surface area contributed by atoms with Crippen molar-refractivity contribution in [2.24, 2.45) is 0 Å². The molecule has 2 aliphatic rings. The number of anilines is 1. The third kappa shape index (κ3) is 3.70. The Labute approximate surface area is 195 Å². The number of hydrogen-bond acceptors (Lipinski definition) is 4. The summed E-state index contributed by atoms with van der Waals surface area (Å²) in [5, 5.41) is 6.63. The van der Waals surface area contributed by atoms with Gasteiger partial charge in [-0.3, -0.25) is 14.9 Å². The van der Waals surface area contributed by atoms with Crippen LogP contribution in [0.2, 0.25) is 5.02 Å². The zero-order valence-corrected chi connectivity index (χ0v) is 18.8. The summed E-state index contributed by atoms with van der Waals surface area (Å²) in [5.74, 6) is -0.293. The van der Waals surface area contributed by atoms with E-state index in [1.807, 2.05) is 30.3 Å². The van der Waals surface area contributed by atoms with Crippen molar-refractivity contribution in [2.75, 3.05) is 25.5 Å². The smallest absolute Gasteiger partial charge is 0.412 e. The molecule has 5 rings (SSSR count). The van der Waals surface area contributed by atoms with Gasteiger partial charge in [-0.05, 0) is 18.2 Å². The van der Waals surface area contributed by atoms with Crippen LogP contribution in [-0.2, 0) is 21.7 Å². The molecular formula is C24H23ClN4O4. The minimum atomic E-state index is -0.740. The number of likely N-dealkylation sites (N-methyl/N-ethyl adjacent to an activating group) is 1. The molecule has 0 bridgehead atoms. The molecule has 2 N–H and O–H groups in total. The summed E-state index contributed by atoms with van der Waals surface area (Å²) >= 11 is 6.18. The maximum Gasteiger partial charge on any atom is 0.412 e. The summed E-state index contributed by atoms with van der Waals surface area (Å²) < 4.78 is 7.51. The number of halogens is 1. The third-order valence-corrected chi connectivity index (χ3v) is 6.70. The average molecular weight is 467 g/mol. The molecule has 170 valence electrons. The van der Waals surface area contributed by atoms with E-state index >= 15 is 0 Å². The molecule has 3 aromatic rings. The highest BCUT2D eigenvalue weighted by atomic mass is 35.5. The molecule has 1 aromatic heterocycles. The highest BCUT2D eigenvalue weighted by Crippen LogP contribution is 2.43. The first-order chi connectivity index (χ1) is 15.9. The van der Waals surface area contributed by atoms with E-state index in [-0.39, 0.29) is 18.4 Å². The molecule has 3 amide bonds. The van der Waals surface area contributed by atoms with Crippen LogP contribution >= 0.6 is 11.6 Å². The molecule has 3 heterocycles. The second kappa shape index (κ2) is 8.12. The molecule has 0 unspecified atom stereocenters. The Bertz CT molecular complexity index is 1280. The molecule has 1 saturated heterocycles. The number of aromatic nitrogens is 1. The topological polar surface area (TPSA) is 92.7 Å². The fourth-order valence-corrected chi connectivity index (χ4v) is 4.94. The van der Waals surface area contributed by atoms with Gasteiger partial charge in [-0.2, -0.15) is 0 Å². The number of fused-ring (bicyclic) bond motifs is 3. The molecule has 2 aromatic carbocycles. The number of nitrogens with one attached hydrogen (secondary N) is 2. The van der Waals surface area contributed by atoms with E-state index < -0.39 is 11.7 Å². The number of para-hydroxylation sites is 1. The quantitative estimate of drug-likeness (QED) is 0.615. The SMILES string of the molecule is CNC(=O)Cn1cc(C(=O)N2CCC3(CC2)OC(=O)Nc2ccccc23)c2ccc(Cl)cc21. The lowest BCUT2D eigenvalue weighted by Crippen LogP contribution is -2.49. The van der Waals surface area contributed by atoms with Crippen molar-refractivity contribution < 1.29 is 19.1 Å². The van der Waals surface area contributed by atoms with Gasteiger partial charge in [0.25, 0.3) is 5.91 Å². The summed E-state index contributed by atoms with van der Waals surface area (Å²) in [4.78, 5) is 39.4. The van der Waals surface area contributed by atoms with Crippen LogP contribution in [0.4, 0.5) is 10.5 Å². The minimum absolute atomic E-state index is 0.0868. The van der Waals surface area contributed by atoms with Gasteiger partial charge >= 0.3 is 6.09 Å². The third-order valence-electron chi connectivity index (χ3n) is 6.47. The first-order valence-corrected chi connectivity index (χ1v) is 11.2. The van der Waals surface area contributed by atoms with E-state index in [2.05, 4.69) is 10.6 Å². The molecule has 0 aliphatic carbocycles. The van der Waals surface area contributed by atoms with Crippen molar-refractivity contribution in [2.45, 2.75) is 25.0 Å². The molecule has 0 atom stereocenters. The van der Waals surface area contributed by atoms with Crippen LogP contribution in [0.3, 0.4) is 0 Å². The lowest BCUT2D eigenvalue weighted by atomic mass is 9.82. The van der Waals surface area contributed by atoms with E-state index in [0.29, 0.717) is 36.5 Å². The summed E-state index contributed by atoms with van der Waals surface area (Å²) in [6.07, 6.45) is 2.25. The lowest BCUT2D eigenvalue weighted by Gasteiger charge is -2.44. The van der Waals surface area contributed by atoms with E-state index in [9.17, 15) is 14.4 Å². The number of ether oxygens (including phenoxy) is 1. The van der Waals surface area contributed by atoms with Crippen molar-refractivity contribution in [3.8, 4) is 0 Å². The minimum Gasteiger partial charge on any atom is -0.438 e. The largest absolute Gasteiger partial charge is 0.438 e. The number of carbonyl (C=O) groups excluding carboxylic acids is 3. The summed E-state index contributed by atoms with van der Waals surface area (Å²) in [7, 11) is 1.57. The van der Waals surface area contributed by atoms with Crippen molar-refractivity contribution >= 4 is 46.1 Å². The molecule has 1 spiro atoms. The van der Waals surface area contributed by atoms with Crippen molar-refractivity contribution in [1.82, 2.24) is 14.8 Å². The molecule has 2 aliphatic heterocycles. The van der Waals surface area contributed by atoms with Crippen molar-refractivity contribution in [3.63, 3.8) is 0 Å². The van der Waals surface area contributed by atoms with Crippen molar-refractivity contribution in [3.05, 3.63) is 64.8 Å². The van der Waals surface area contributed by atoms with Crippen LogP contribution in [0.1, 0.15) is 28.8 Å². The maximum absolute atomic E-state index is 13.5. The van der Waals surface area contributed by atoms with Gasteiger partial charge in [0.2, 0.25) is 5.91 Å². The Kier molecular flexibility index (Phi) is 5.25. The van der Waals surface area contributed by atoms with Crippen LogP contribution < -0.4 is 10.6 Å².